The van der Waals surface area contributed by atoms with E-state index in [9.17, 15) is 5.11 Å². The summed E-state index contributed by atoms with van der Waals surface area (Å²) >= 11 is 0. The van der Waals surface area contributed by atoms with E-state index in [2.05, 4.69) is 43.0 Å². The maximum absolute atomic E-state index is 9.46. The van der Waals surface area contributed by atoms with Crippen molar-refractivity contribution in [3.05, 3.63) is 47.3 Å². The Morgan fingerprint density at radius 3 is 2.46 bits per heavy atom. The molecule has 0 aliphatic carbocycles. The molecule has 0 aliphatic heterocycles. The molecule has 0 fully saturated rings. The summed E-state index contributed by atoms with van der Waals surface area (Å²) in [7, 11) is 3.64. The van der Waals surface area contributed by atoms with Gasteiger partial charge in [-0.25, -0.2) is 0 Å². The van der Waals surface area contributed by atoms with E-state index in [0.717, 1.165) is 30.1 Å². The standard InChI is InChI=1S/C19H29N3O2/c1-19(2,3)18-16(12-21(4)20-18)14-22(10-11-23)13-15-8-6-7-9-17(15)24-5/h6-9,12,23H,10-11,13-14H2,1-5H3. The molecule has 0 spiro atoms. The number of aromatic nitrogens is 2. The predicted octanol–water partition coefficient (Wildman–Crippen LogP) is 2.72. The van der Waals surface area contributed by atoms with Gasteiger partial charge < -0.3 is 9.84 Å². The van der Waals surface area contributed by atoms with Crippen molar-refractivity contribution in [2.75, 3.05) is 20.3 Å². The van der Waals surface area contributed by atoms with Gasteiger partial charge in [-0.15, -0.1) is 0 Å². The van der Waals surface area contributed by atoms with Gasteiger partial charge in [-0.1, -0.05) is 39.0 Å². The molecule has 0 bridgehead atoms. The van der Waals surface area contributed by atoms with Gasteiger partial charge in [0.1, 0.15) is 5.75 Å². The first-order valence-electron chi connectivity index (χ1n) is 8.33. The van der Waals surface area contributed by atoms with E-state index in [1.54, 1.807) is 7.11 Å². The largest absolute Gasteiger partial charge is 0.496 e. The maximum Gasteiger partial charge on any atom is 0.123 e. The van der Waals surface area contributed by atoms with Crippen LogP contribution in [0.5, 0.6) is 5.75 Å². The Balaban J connectivity index is 2.23. The molecule has 1 N–H and O–H groups in total. The van der Waals surface area contributed by atoms with E-state index in [1.165, 1.54) is 5.56 Å². The Bertz CT molecular complexity index is 659. The van der Waals surface area contributed by atoms with Gasteiger partial charge in [0, 0.05) is 49.4 Å². The van der Waals surface area contributed by atoms with E-state index >= 15 is 0 Å². The first-order chi connectivity index (χ1) is 11.3. The van der Waals surface area contributed by atoms with Crippen LogP contribution in [0, 0.1) is 0 Å². The molecule has 0 radical (unpaired) electrons. The minimum atomic E-state index is -0.00802. The summed E-state index contributed by atoms with van der Waals surface area (Å²) in [6, 6.07) is 8.02. The molecule has 1 aromatic carbocycles. The van der Waals surface area contributed by atoms with Crippen LogP contribution in [0.1, 0.15) is 37.6 Å². The highest BCUT2D eigenvalue weighted by molar-refractivity contribution is 5.33. The van der Waals surface area contributed by atoms with Gasteiger partial charge in [0.05, 0.1) is 19.4 Å². The number of rotatable bonds is 7. The summed E-state index contributed by atoms with van der Waals surface area (Å²) in [5.74, 6) is 0.877. The number of aliphatic hydroxyl groups excluding tert-OH is 1. The molecule has 2 aromatic rings. The van der Waals surface area contributed by atoms with E-state index in [4.69, 9.17) is 4.74 Å². The van der Waals surface area contributed by atoms with Crippen LogP contribution in [0.4, 0.5) is 0 Å². The smallest absolute Gasteiger partial charge is 0.123 e. The monoisotopic (exact) mass is 331 g/mol. The average molecular weight is 331 g/mol. The van der Waals surface area contributed by atoms with Crippen molar-refractivity contribution in [2.45, 2.75) is 39.3 Å². The summed E-state index contributed by atoms with van der Waals surface area (Å²) in [4.78, 5) is 2.23. The van der Waals surface area contributed by atoms with Gasteiger partial charge in [0.15, 0.2) is 0 Å². The van der Waals surface area contributed by atoms with E-state index in [0.29, 0.717) is 6.54 Å². The highest BCUT2D eigenvalue weighted by Crippen LogP contribution is 2.26. The summed E-state index contributed by atoms with van der Waals surface area (Å²) in [6.07, 6.45) is 2.08. The number of hydrogen-bond donors (Lipinski definition) is 1. The lowest BCUT2D eigenvalue weighted by Crippen LogP contribution is -2.27. The molecule has 0 saturated heterocycles. The quantitative estimate of drug-likeness (QED) is 0.847. The zero-order valence-electron chi connectivity index (χ0n) is 15.4. The fourth-order valence-corrected chi connectivity index (χ4v) is 2.96. The second kappa shape index (κ2) is 7.81. The third-order valence-electron chi connectivity index (χ3n) is 4.01. The third kappa shape index (κ3) is 4.58. The molecule has 0 aliphatic rings. The highest BCUT2D eigenvalue weighted by Gasteiger charge is 2.23. The zero-order chi connectivity index (χ0) is 17.7. The summed E-state index contributed by atoms with van der Waals surface area (Å²) in [5.41, 5.74) is 3.42. The Morgan fingerprint density at radius 2 is 1.83 bits per heavy atom. The van der Waals surface area contributed by atoms with Crippen LogP contribution < -0.4 is 4.74 Å². The van der Waals surface area contributed by atoms with Crippen LogP contribution in [0.25, 0.3) is 0 Å². The minimum absolute atomic E-state index is 0.00802. The van der Waals surface area contributed by atoms with Crippen molar-refractivity contribution in [3.8, 4) is 5.75 Å². The molecule has 24 heavy (non-hydrogen) atoms. The summed E-state index contributed by atoms with van der Waals surface area (Å²) < 4.78 is 7.32. The van der Waals surface area contributed by atoms with Crippen LogP contribution in [0.2, 0.25) is 0 Å². The van der Waals surface area contributed by atoms with Crippen molar-refractivity contribution in [1.29, 1.82) is 0 Å². The van der Waals surface area contributed by atoms with Crippen molar-refractivity contribution in [1.82, 2.24) is 14.7 Å². The van der Waals surface area contributed by atoms with Crippen molar-refractivity contribution in [3.63, 3.8) is 0 Å². The first-order valence-corrected chi connectivity index (χ1v) is 8.33. The first kappa shape index (κ1) is 18.5. The molecule has 0 atom stereocenters. The number of nitrogens with zero attached hydrogens (tertiary/aromatic N) is 3. The average Bonchev–Trinajstić information content (AvgIpc) is 2.89. The maximum atomic E-state index is 9.46. The Morgan fingerprint density at radius 1 is 1.17 bits per heavy atom. The van der Waals surface area contributed by atoms with Crippen molar-refractivity contribution >= 4 is 0 Å². The second-order valence-electron chi connectivity index (χ2n) is 7.17. The summed E-state index contributed by atoms with van der Waals surface area (Å²) in [6.45, 7) is 8.74. The fourth-order valence-electron chi connectivity index (χ4n) is 2.96. The number of aryl methyl sites for hydroxylation is 1. The molecule has 2 rings (SSSR count). The Kier molecular flexibility index (Phi) is 6.02. The molecular formula is C19H29N3O2. The molecule has 1 heterocycles. The van der Waals surface area contributed by atoms with Gasteiger partial charge in [0.2, 0.25) is 0 Å². The van der Waals surface area contributed by atoms with Gasteiger partial charge in [-0.2, -0.15) is 5.10 Å². The molecule has 0 saturated carbocycles. The van der Waals surface area contributed by atoms with Crippen LogP contribution in [-0.2, 0) is 25.6 Å². The van der Waals surface area contributed by atoms with E-state index in [1.807, 2.05) is 29.9 Å². The molecule has 0 unspecified atom stereocenters. The molecule has 0 amide bonds. The molecule has 1 aromatic heterocycles. The number of ether oxygens (including phenoxy) is 1. The van der Waals surface area contributed by atoms with Gasteiger partial charge >= 0.3 is 0 Å². The van der Waals surface area contributed by atoms with Crippen LogP contribution in [0.15, 0.2) is 30.5 Å². The second-order valence-corrected chi connectivity index (χ2v) is 7.17. The lowest BCUT2D eigenvalue weighted by molar-refractivity contribution is 0.182. The van der Waals surface area contributed by atoms with E-state index < -0.39 is 0 Å². The molecular weight excluding hydrogens is 302 g/mol. The highest BCUT2D eigenvalue weighted by atomic mass is 16.5. The van der Waals surface area contributed by atoms with Crippen molar-refractivity contribution in [2.24, 2.45) is 7.05 Å². The summed E-state index contributed by atoms with van der Waals surface area (Å²) in [5, 5.41) is 14.1. The number of benzene rings is 1. The van der Waals surface area contributed by atoms with E-state index in [-0.39, 0.29) is 12.0 Å². The lowest BCUT2D eigenvalue weighted by atomic mass is 9.89. The predicted molar refractivity (Wildman–Crippen MR) is 96.1 cm³/mol. The Hall–Kier alpha value is -1.85. The van der Waals surface area contributed by atoms with Crippen molar-refractivity contribution < 1.29 is 9.84 Å². The third-order valence-corrected chi connectivity index (χ3v) is 4.01. The number of aliphatic hydroxyl groups is 1. The SMILES string of the molecule is COc1ccccc1CN(CCO)Cc1cn(C)nc1C(C)(C)C. The van der Waals surface area contributed by atoms with Gasteiger partial charge in [-0.3, -0.25) is 9.58 Å². The van der Waals surface area contributed by atoms with Crippen LogP contribution >= 0.6 is 0 Å². The van der Waals surface area contributed by atoms with Gasteiger partial charge in [0.25, 0.3) is 0 Å². The number of hydrogen-bond acceptors (Lipinski definition) is 4. The number of methoxy groups -OCH3 is 1. The topological polar surface area (TPSA) is 50.5 Å². The lowest BCUT2D eigenvalue weighted by Gasteiger charge is -2.24. The normalized spacial score (nSPS) is 12.0. The zero-order valence-corrected chi connectivity index (χ0v) is 15.4. The van der Waals surface area contributed by atoms with Crippen LogP contribution in [-0.4, -0.2) is 40.0 Å². The van der Waals surface area contributed by atoms with Gasteiger partial charge in [-0.05, 0) is 6.07 Å². The molecule has 132 valence electrons. The number of para-hydroxylation sites is 1. The van der Waals surface area contributed by atoms with Crippen LogP contribution in [0.3, 0.4) is 0 Å². The fraction of sp³-hybridized carbons (Fsp3) is 0.526. The molecule has 5 heteroatoms. The Labute approximate surface area is 144 Å². The molecule has 5 nitrogen and oxygen atoms in total. The minimum Gasteiger partial charge on any atom is -0.496 e.